The number of carbonyl (C=O) groups is 1. The summed E-state index contributed by atoms with van der Waals surface area (Å²) in [5.74, 6) is 1.52. The molecule has 0 spiro atoms. The summed E-state index contributed by atoms with van der Waals surface area (Å²) in [5, 5.41) is 3.01. The Morgan fingerprint density at radius 3 is 2.88 bits per heavy atom. The number of imidazole rings is 1. The van der Waals surface area contributed by atoms with Crippen LogP contribution in [0.25, 0.3) is 11.0 Å². The van der Waals surface area contributed by atoms with Crippen molar-refractivity contribution in [3.8, 4) is 5.75 Å². The fourth-order valence-corrected chi connectivity index (χ4v) is 3.38. The zero-order valence-corrected chi connectivity index (χ0v) is 14.9. The number of benzene rings is 2. The lowest BCUT2D eigenvalue weighted by Gasteiger charge is -2.26. The minimum Gasteiger partial charge on any atom is -0.497 e. The molecule has 4 rings (SSSR count). The molecule has 1 amide bonds. The van der Waals surface area contributed by atoms with Gasteiger partial charge in [0, 0.05) is 12.1 Å². The summed E-state index contributed by atoms with van der Waals surface area (Å²) in [6, 6.07) is 13.3. The van der Waals surface area contributed by atoms with Crippen molar-refractivity contribution in [2.24, 2.45) is 0 Å². The van der Waals surface area contributed by atoms with E-state index < -0.39 is 0 Å². The smallest absolute Gasteiger partial charge is 0.251 e. The molecular formula is C20H21N3O3. The van der Waals surface area contributed by atoms with Gasteiger partial charge in [-0.25, -0.2) is 4.98 Å². The Kier molecular flexibility index (Phi) is 4.34. The first-order valence-electron chi connectivity index (χ1n) is 8.64. The fraction of sp³-hybridized carbons (Fsp3) is 0.300. The molecule has 0 fully saturated rings. The molecule has 0 radical (unpaired) electrons. The van der Waals surface area contributed by atoms with E-state index in [1.807, 2.05) is 6.07 Å². The lowest BCUT2D eigenvalue weighted by atomic mass is 10.2. The van der Waals surface area contributed by atoms with E-state index in [2.05, 4.69) is 28.9 Å². The predicted octanol–water partition coefficient (Wildman–Crippen LogP) is 2.85. The summed E-state index contributed by atoms with van der Waals surface area (Å²) in [5.41, 5.74) is 3.84. The number of nitrogens with one attached hydrogen (secondary N) is 1. The molecule has 134 valence electrons. The lowest BCUT2D eigenvalue weighted by molar-refractivity contribution is 0.0553. The number of methoxy groups -OCH3 is 1. The van der Waals surface area contributed by atoms with Crippen molar-refractivity contribution in [3.05, 3.63) is 59.4 Å². The highest BCUT2D eigenvalue weighted by molar-refractivity contribution is 5.94. The van der Waals surface area contributed by atoms with Crippen molar-refractivity contribution in [2.75, 3.05) is 20.3 Å². The predicted molar refractivity (Wildman–Crippen MR) is 98.5 cm³/mol. The molecule has 0 saturated heterocycles. The van der Waals surface area contributed by atoms with Gasteiger partial charge in [-0.3, -0.25) is 4.79 Å². The van der Waals surface area contributed by atoms with E-state index in [-0.39, 0.29) is 11.9 Å². The molecule has 1 aliphatic heterocycles. The number of fused-ring (bicyclic) bond motifs is 3. The van der Waals surface area contributed by atoms with Crippen molar-refractivity contribution in [2.45, 2.75) is 19.6 Å². The summed E-state index contributed by atoms with van der Waals surface area (Å²) in [6.07, 6.45) is 0. The topological polar surface area (TPSA) is 65.4 Å². The third-order valence-corrected chi connectivity index (χ3v) is 4.75. The number of nitrogens with zero attached hydrogens (tertiary/aromatic N) is 2. The van der Waals surface area contributed by atoms with Crippen molar-refractivity contribution in [1.82, 2.24) is 14.9 Å². The second-order valence-electron chi connectivity index (χ2n) is 6.45. The summed E-state index contributed by atoms with van der Waals surface area (Å²) >= 11 is 0. The number of aromatic nitrogens is 2. The van der Waals surface area contributed by atoms with Crippen molar-refractivity contribution < 1.29 is 14.3 Å². The number of ether oxygens (including phenoxy) is 2. The zero-order chi connectivity index (χ0) is 18.1. The van der Waals surface area contributed by atoms with Gasteiger partial charge in [-0.2, -0.15) is 0 Å². The monoisotopic (exact) mass is 351 g/mol. The van der Waals surface area contributed by atoms with Crippen LogP contribution in [-0.2, 0) is 11.3 Å². The van der Waals surface area contributed by atoms with Crippen LogP contribution in [0.2, 0.25) is 0 Å². The number of aryl methyl sites for hydroxylation is 1. The van der Waals surface area contributed by atoms with Gasteiger partial charge in [0.15, 0.2) is 0 Å². The quantitative estimate of drug-likeness (QED) is 0.785. The number of rotatable bonds is 4. The van der Waals surface area contributed by atoms with Gasteiger partial charge < -0.3 is 19.4 Å². The van der Waals surface area contributed by atoms with Crippen LogP contribution in [0.1, 0.15) is 27.8 Å². The third-order valence-electron chi connectivity index (χ3n) is 4.75. The van der Waals surface area contributed by atoms with Crippen LogP contribution in [0.3, 0.4) is 0 Å². The first-order valence-corrected chi connectivity index (χ1v) is 8.64. The Morgan fingerprint density at radius 2 is 2.12 bits per heavy atom. The summed E-state index contributed by atoms with van der Waals surface area (Å²) in [4.78, 5) is 17.2. The second kappa shape index (κ2) is 6.80. The van der Waals surface area contributed by atoms with Crippen molar-refractivity contribution in [1.29, 1.82) is 0 Å². The van der Waals surface area contributed by atoms with E-state index in [9.17, 15) is 4.79 Å². The highest BCUT2D eigenvalue weighted by atomic mass is 16.5. The molecule has 1 N–H and O–H groups in total. The highest BCUT2D eigenvalue weighted by Gasteiger charge is 2.25. The summed E-state index contributed by atoms with van der Waals surface area (Å²) in [7, 11) is 1.60. The molecule has 2 aromatic carbocycles. The molecular weight excluding hydrogens is 330 g/mol. The number of carbonyl (C=O) groups excluding carboxylic acids is 1. The van der Waals surface area contributed by atoms with E-state index >= 15 is 0 Å². The van der Waals surface area contributed by atoms with Crippen molar-refractivity contribution >= 4 is 16.9 Å². The molecule has 0 bridgehead atoms. The van der Waals surface area contributed by atoms with E-state index in [1.165, 1.54) is 0 Å². The molecule has 0 saturated carbocycles. The largest absolute Gasteiger partial charge is 0.497 e. The molecule has 1 atom stereocenters. The standard InChI is InChI=1S/C20H21N3O3/c1-13-4-3-5-17-19(13)22-18-12-26-11-15(23(17)18)10-21-20(24)14-6-8-16(25-2)9-7-14/h3-9,15H,10-12H2,1-2H3,(H,21,24)/t15-/m0/s1. The molecule has 0 aliphatic carbocycles. The summed E-state index contributed by atoms with van der Waals surface area (Å²) in [6.45, 7) is 3.59. The van der Waals surface area contributed by atoms with Crippen LogP contribution in [0.15, 0.2) is 42.5 Å². The minimum atomic E-state index is -0.111. The molecule has 6 nitrogen and oxygen atoms in total. The van der Waals surface area contributed by atoms with Crippen LogP contribution >= 0.6 is 0 Å². The Balaban J connectivity index is 1.54. The Morgan fingerprint density at radius 1 is 1.31 bits per heavy atom. The number of amides is 1. The van der Waals surface area contributed by atoms with Gasteiger partial charge in [0.05, 0.1) is 30.8 Å². The maximum absolute atomic E-state index is 12.4. The summed E-state index contributed by atoms with van der Waals surface area (Å²) < 4.78 is 13.0. The van der Waals surface area contributed by atoms with E-state index in [0.717, 1.165) is 28.2 Å². The van der Waals surface area contributed by atoms with Gasteiger partial charge in [-0.1, -0.05) is 12.1 Å². The molecule has 0 unspecified atom stereocenters. The number of hydrogen-bond acceptors (Lipinski definition) is 4. The molecule has 26 heavy (non-hydrogen) atoms. The normalized spacial score (nSPS) is 16.3. The lowest BCUT2D eigenvalue weighted by Crippen LogP contribution is -2.35. The van der Waals surface area contributed by atoms with Crippen LogP contribution in [0.5, 0.6) is 5.75 Å². The van der Waals surface area contributed by atoms with E-state index in [1.54, 1.807) is 31.4 Å². The van der Waals surface area contributed by atoms with E-state index in [0.29, 0.717) is 25.3 Å². The first-order chi connectivity index (χ1) is 12.7. The molecule has 1 aliphatic rings. The van der Waals surface area contributed by atoms with Gasteiger partial charge in [0.2, 0.25) is 0 Å². The van der Waals surface area contributed by atoms with Crippen LogP contribution < -0.4 is 10.1 Å². The average Bonchev–Trinajstić information content (AvgIpc) is 3.07. The maximum atomic E-state index is 12.4. The Bertz CT molecular complexity index is 947. The van der Waals surface area contributed by atoms with Gasteiger partial charge in [-0.15, -0.1) is 0 Å². The maximum Gasteiger partial charge on any atom is 0.251 e. The molecule has 3 aromatic rings. The second-order valence-corrected chi connectivity index (χ2v) is 6.45. The highest BCUT2D eigenvalue weighted by Crippen LogP contribution is 2.27. The minimum absolute atomic E-state index is 0.0211. The first kappa shape index (κ1) is 16.6. The molecule has 6 heteroatoms. The SMILES string of the molecule is COc1ccc(C(=O)NC[C@H]2COCc3nc4c(C)cccc4n32)cc1. The fourth-order valence-electron chi connectivity index (χ4n) is 3.38. The van der Waals surface area contributed by atoms with Crippen molar-refractivity contribution in [3.63, 3.8) is 0 Å². The van der Waals surface area contributed by atoms with Gasteiger partial charge in [0.1, 0.15) is 18.2 Å². The van der Waals surface area contributed by atoms with Crippen LogP contribution in [0, 0.1) is 6.92 Å². The van der Waals surface area contributed by atoms with Crippen LogP contribution in [-0.4, -0.2) is 35.7 Å². The molecule has 1 aromatic heterocycles. The molecule has 2 heterocycles. The van der Waals surface area contributed by atoms with E-state index in [4.69, 9.17) is 14.5 Å². The third kappa shape index (κ3) is 2.93. The number of para-hydroxylation sites is 1. The van der Waals surface area contributed by atoms with Gasteiger partial charge in [0.25, 0.3) is 5.91 Å². The zero-order valence-electron chi connectivity index (χ0n) is 14.9. The average molecular weight is 351 g/mol. The Hall–Kier alpha value is -2.86. The number of hydrogen-bond donors (Lipinski definition) is 1. The van der Waals surface area contributed by atoms with Gasteiger partial charge in [-0.05, 0) is 42.8 Å². The van der Waals surface area contributed by atoms with Crippen LogP contribution in [0.4, 0.5) is 0 Å². The Labute approximate surface area is 151 Å². The van der Waals surface area contributed by atoms with Gasteiger partial charge >= 0.3 is 0 Å².